The van der Waals surface area contributed by atoms with Gasteiger partial charge in [0.15, 0.2) is 11.5 Å². The Labute approximate surface area is 162 Å². The minimum Gasteiger partial charge on any atom is -0.490 e. The van der Waals surface area contributed by atoms with Crippen LogP contribution >= 0.6 is 0 Å². The Morgan fingerprint density at radius 3 is 2.37 bits per heavy atom. The lowest BCUT2D eigenvalue weighted by Gasteiger charge is -2.30. The lowest BCUT2D eigenvalue weighted by Crippen LogP contribution is -2.30. The molecule has 0 aromatic heterocycles. The molecule has 27 heavy (non-hydrogen) atoms. The van der Waals surface area contributed by atoms with Crippen molar-refractivity contribution in [1.82, 2.24) is 4.90 Å². The normalized spacial score (nSPS) is 14.4. The number of carbonyl (C=O) groups excluding carboxylic acids is 1. The number of carbonyl (C=O) groups is 1. The maximum absolute atomic E-state index is 13.0. The maximum atomic E-state index is 13.0. The summed E-state index contributed by atoms with van der Waals surface area (Å²) in [5.41, 5.74) is 3.02. The molecule has 0 bridgehead atoms. The predicted octanol–water partition coefficient (Wildman–Crippen LogP) is 5.23. The van der Waals surface area contributed by atoms with Crippen molar-refractivity contribution in [1.29, 1.82) is 0 Å². The van der Waals surface area contributed by atoms with Gasteiger partial charge in [-0.15, -0.1) is 0 Å². The third-order valence-corrected chi connectivity index (χ3v) is 4.87. The van der Waals surface area contributed by atoms with Gasteiger partial charge in [0.25, 0.3) is 5.91 Å². The van der Waals surface area contributed by atoms with Crippen molar-refractivity contribution in [3.05, 3.63) is 59.2 Å². The molecule has 1 heterocycles. The molecule has 4 heteroatoms. The smallest absolute Gasteiger partial charge is 0.255 e. The number of amides is 1. The molecule has 1 atom stereocenters. The number of fused-ring (bicyclic) bond motifs is 1. The van der Waals surface area contributed by atoms with Gasteiger partial charge in [0.1, 0.15) is 0 Å². The van der Waals surface area contributed by atoms with E-state index in [9.17, 15) is 4.79 Å². The van der Waals surface area contributed by atoms with Crippen molar-refractivity contribution < 1.29 is 14.3 Å². The summed E-state index contributed by atoms with van der Waals surface area (Å²) >= 11 is 0. The van der Waals surface area contributed by atoms with Gasteiger partial charge in [-0.2, -0.15) is 0 Å². The highest BCUT2D eigenvalue weighted by molar-refractivity contribution is 5.98. The first-order valence-electron chi connectivity index (χ1n) is 9.83. The lowest BCUT2D eigenvalue weighted by molar-refractivity contribution is 0.0678. The van der Waals surface area contributed by atoms with E-state index in [0.29, 0.717) is 25.7 Å². The second-order valence-corrected chi connectivity index (χ2v) is 7.31. The molecule has 0 N–H and O–H groups in total. The summed E-state index contributed by atoms with van der Waals surface area (Å²) in [7, 11) is 0. The summed E-state index contributed by atoms with van der Waals surface area (Å²) in [6, 6.07) is 14.0. The Hall–Kier alpha value is -2.49. The number of nitrogens with zero attached hydrogens (tertiary/aromatic N) is 1. The highest BCUT2D eigenvalue weighted by Crippen LogP contribution is 2.38. The zero-order valence-electron chi connectivity index (χ0n) is 16.7. The van der Waals surface area contributed by atoms with E-state index < -0.39 is 0 Å². The summed E-state index contributed by atoms with van der Waals surface area (Å²) < 4.78 is 11.5. The molecule has 1 aliphatic heterocycles. The molecule has 3 rings (SSSR count). The molecule has 0 unspecified atom stereocenters. The summed E-state index contributed by atoms with van der Waals surface area (Å²) in [5, 5.41) is 0. The highest BCUT2D eigenvalue weighted by atomic mass is 16.5. The van der Waals surface area contributed by atoms with Crippen LogP contribution in [0.2, 0.25) is 0 Å². The van der Waals surface area contributed by atoms with Crippen LogP contribution in [0.5, 0.6) is 11.5 Å². The fourth-order valence-corrected chi connectivity index (χ4v) is 3.69. The number of hydrogen-bond donors (Lipinski definition) is 0. The summed E-state index contributed by atoms with van der Waals surface area (Å²) in [6.07, 6.45) is 0.902. The van der Waals surface area contributed by atoms with Crippen molar-refractivity contribution in [2.45, 2.75) is 46.7 Å². The predicted molar refractivity (Wildman–Crippen MR) is 107 cm³/mol. The molecular formula is C23H29NO3. The molecule has 0 spiro atoms. The molecule has 1 amide bonds. The van der Waals surface area contributed by atoms with Crippen LogP contribution in [0.15, 0.2) is 42.5 Å². The van der Waals surface area contributed by atoms with E-state index in [1.54, 1.807) is 0 Å². The molecule has 0 fully saturated rings. The average Bonchev–Trinajstić information content (AvgIpc) is 2.98. The second-order valence-electron chi connectivity index (χ2n) is 7.31. The Morgan fingerprint density at radius 2 is 1.70 bits per heavy atom. The SMILES string of the molecule is CCOc1ccc([C@H](CC(C)C)N2Cc3ccccc3C2=O)cc1OCC. The first-order valence-corrected chi connectivity index (χ1v) is 9.83. The Morgan fingerprint density at radius 1 is 1.00 bits per heavy atom. The third kappa shape index (κ3) is 4.10. The second kappa shape index (κ2) is 8.47. The van der Waals surface area contributed by atoms with Gasteiger partial charge in [0.2, 0.25) is 0 Å². The van der Waals surface area contributed by atoms with Gasteiger partial charge in [-0.25, -0.2) is 0 Å². The monoisotopic (exact) mass is 367 g/mol. The molecule has 1 aliphatic rings. The molecule has 0 aliphatic carbocycles. The fourth-order valence-electron chi connectivity index (χ4n) is 3.69. The van der Waals surface area contributed by atoms with Crippen LogP contribution in [-0.2, 0) is 6.54 Å². The zero-order chi connectivity index (χ0) is 19.4. The number of ether oxygens (including phenoxy) is 2. The quantitative estimate of drug-likeness (QED) is 0.641. The summed E-state index contributed by atoms with van der Waals surface area (Å²) in [5.74, 6) is 2.08. The van der Waals surface area contributed by atoms with Gasteiger partial charge in [-0.05, 0) is 55.5 Å². The first kappa shape index (κ1) is 19.3. The van der Waals surface area contributed by atoms with Crippen molar-refractivity contribution in [2.24, 2.45) is 5.92 Å². The standard InChI is InChI=1S/C23H29NO3/c1-5-26-21-12-11-17(14-22(21)27-6-2)20(13-16(3)4)24-15-18-9-7-8-10-19(18)23(24)25/h7-12,14,16,20H,5-6,13,15H2,1-4H3/t20-/m0/s1. The molecular weight excluding hydrogens is 338 g/mol. The minimum absolute atomic E-state index is 0.0137. The molecule has 0 saturated heterocycles. The van der Waals surface area contributed by atoms with Gasteiger partial charge >= 0.3 is 0 Å². The molecule has 2 aromatic carbocycles. The van der Waals surface area contributed by atoms with E-state index in [4.69, 9.17) is 9.47 Å². The van der Waals surface area contributed by atoms with Gasteiger partial charge in [-0.3, -0.25) is 4.79 Å². The van der Waals surface area contributed by atoms with E-state index in [2.05, 4.69) is 19.9 Å². The third-order valence-electron chi connectivity index (χ3n) is 4.87. The number of rotatable bonds is 8. The average molecular weight is 367 g/mol. The van der Waals surface area contributed by atoms with Crippen LogP contribution in [0.3, 0.4) is 0 Å². The van der Waals surface area contributed by atoms with E-state index >= 15 is 0 Å². The van der Waals surface area contributed by atoms with Gasteiger partial charge in [0.05, 0.1) is 19.3 Å². The van der Waals surface area contributed by atoms with Crippen molar-refractivity contribution >= 4 is 5.91 Å². The van der Waals surface area contributed by atoms with Gasteiger partial charge in [-0.1, -0.05) is 38.1 Å². The lowest BCUT2D eigenvalue weighted by atomic mass is 9.95. The summed E-state index contributed by atoms with van der Waals surface area (Å²) in [6.45, 7) is 10.1. The topological polar surface area (TPSA) is 38.8 Å². The molecule has 2 aromatic rings. The Balaban J connectivity index is 1.96. The van der Waals surface area contributed by atoms with Crippen LogP contribution in [-0.4, -0.2) is 24.0 Å². The number of benzene rings is 2. The van der Waals surface area contributed by atoms with E-state index in [1.807, 2.05) is 55.1 Å². The van der Waals surface area contributed by atoms with Crippen LogP contribution in [0, 0.1) is 5.92 Å². The Bertz CT molecular complexity index is 800. The van der Waals surface area contributed by atoms with Crippen molar-refractivity contribution in [3.8, 4) is 11.5 Å². The van der Waals surface area contributed by atoms with Gasteiger partial charge in [0, 0.05) is 12.1 Å². The fraction of sp³-hybridized carbons (Fsp3) is 0.435. The van der Waals surface area contributed by atoms with Crippen molar-refractivity contribution in [2.75, 3.05) is 13.2 Å². The molecule has 0 radical (unpaired) electrons. The van der Waals surface area contributed by atoms with Crippen LogP contribution in [0.25, 0.3) is 0 Å². The van der Waals surface area contributed by atoms with E-state index in [-0.39, 0.29) is 11.9 Å². The molecule has 144 valence electrons. The Kier molecular flexibility index (Phi) is 6.04. The zero-order valence-corrected chi connectivity index (χ0v) is 16.7. The highest BCUT2D eigenvalue weighted by Gasteiger charge is 2.33. The minimum atomic E-state index is 0.0137. The van der Waals surface area contributed by atoms with Crippen LogP contribution in [0.1, 0.15) is 61.6 Å². The molecule has 0 saturated carbocycles. The van der Waals surface area contributed by atoms with E-state index in [1.165, 1.54) is 0 Å². The first-order chi connectivity index (χ1) is 13.0. The van der Waals surface area contributed by atoms with Crippen molar-refractivity contribution in [3.63, 3.8) is 0 Å². The maximum Gasteiger partial charge on any atom is 0.255 e. The van der Waals surface area contributed by atoms with E-state index in [0.717, 1.165) is 34.6 Å². The molecule has 4 nitrogen and oxygen atoms in total. The van der Waals surface area contributed by atoms with Crippen LogP contribution < -0.4 is 9.47 Å². The van der Waals surface area contributed by atoms with Gasteiger partial charge < -0.3 is 14.4 Å². The van der Waals surface area contributed by atoms with Crippen LogP contribution in [0.4, 0.5) is 0 Å². The summed E-state index contributed by atoms with van der Waals surface area (Å²) in [4.78, 5) is 15.0. The largest absolute Gasteiger partial charge is 0.490 e. The number of hydrogen-bond acceptors (Lipinski definition) is 3.